The van der Waals surface area contributed by atoms with Crippen LogP contribution in [0.1, 0.15) is 28.3 Å². The molecule has 0 aliphatic rings. The fourth-order valence-electron chi connectivity index (χ4n) is 2.07. The number of rotatable bonds is 4. The molecule has 0 aliphatic carbocycles. The summed E-state index contributed by atoms with van der Waals surface area (Å²) in [5, 5.41) is 9.28. The second-order valence-electron chi connectivity index (χ2n) is 4.01. The number of nitrogens with zero attached hydrogens (tertiary/aromatic N) is 1. The molecule has 2 rings (SSSR count). The molecule has 0 unspecified atom stereocenters. The summed E-state index contributed by atoms with van der Waals surface area (Å²) in [5.74, 6) is 0.0870. The van der Waals surface area contributed by atoms with Crippen LogP contribution in [0.25, 0.3) is 0 Å². The number of hydrogen-bond acceptors (Lipinski definition) is 2. The van der Waals surface area contributed by atoms with Crippen LogP contribution >= 0.6 is 0 Å². The molecule has 1 heterocycles. The molecule has 1 aromatic carbocycles. The Morgan fingerprint density at radius 3 is 2.94 bits per heavy atom. The van der Waals surface area contributed by atoms with E-state index < -0.39 is 0 Å². The highest BCUT2D eigenvalue weighted by atomic mass is 16.3. The average Bonchev–Trinajstić information content (AvgIpc) is 2.86. The minimum atomic E-state index is 0.0620. The molecule has 0 saturated heterocycles. The summed E-state index contributed by atoms with van der Waals surface area (Å²) >= 11 is 0. The Morgan fingerprint density at radius 2 is 2.35 bits per heavy atom. The van der Waals surface area contributed by atoms with E-state index in [1.807, 2.05) is 25.1 Å². The molecule has 0 radical (unpaired) electrons. The number of imidazole rings is 1. The molecule has 3 heteroatoms. The molecule has 0 fully saturated rings. The van der Waals surface area contributed by atoms with Crippen LogP contribution in [0.3, 0.4) is 0 Å². The van der Waals surface area contributed by atoms with Crippen LogP contribution in [0, 0.1) is 6.92 Å². The van der Waals surface area contributed by atoms with Crippen molar-refractivity contribution in [1.82, 2.24) is 9.97 Å². The quantitative estimate of drug-likeness (QED) is 0.790. The molecule has 0 aliphatic heterocycles. The fourth-order valence-corrected chi connectivity index (χ4v) is 2.07. The third kappa shape index (κ3) is 2.15. The van der Waals surface area contributed by atoms with E-state index in [2.05, 4.69) is 22.6 Å². The largest absolute Gasteiger partial charge is 0.392 e. The first kappa shape index (κ1) is 11.6. The highest BCUT2D eigenvalue weighted by Crippen LogP contribution is 2.28. The molecule has 1 atom stereocenters. The Bertz CT molecular complexity index is 503. The van der Waals surface area contributed by atoms with Crippen molar-refractivity contribution < 1.29 is 5.11 Å². The molecular weight excluding hydrogens is 212 g/mol. The lowest BCUT2D eigenvalue weighted by molar-refractivity contribution is 0.281. The third-order valence-corrected chi connectivity index (χ3v) is 3.08. The number of H-pyrrole nitrogens is 1. The number of aliphatic hydroxyl groups excluding tert-OH is 1. The SMILES string of the molecule is C=C[C@H](c1cnc[nH]1)c1cccc(CO)c1C. The standard InChI is InChI=1S/C14H16N2O/c1-3-12(14-7-15-9-16-14)13-6-4-5-11(8-17)10(13)2/h3-7,9,12,17H,1,8H2,2H3,(H,15,16)/t12-/m0/s1. The summed E-state index contributed by atoms with van der Waals surface area (Å²) in [6, 6.07) is 5.95. The molecule has 2 aromatic rings. The van der Waals surface area contributed by atoms with E-state index in [0.29, 0.717) is 0 Å². The summed E-state index contributed by atoms with van der Waals surface area (Å²) in [5.41, 5.74) is 4.22. The van der Waals surface area contributed by atoms with Crippen molar-refractivity contribution in [2.75, 3.05) is 0 Å². The molecule has 0 amide bonds. The predicted octanol–water partition coefficient (Wildman–Crippen LogP) is 2.53. The summed E-state index contributed by atoms with van der Waals surface area (Å²) in [6.07, 6.45) is 5.35. The van der Waals surface area contributed by atoms with Crippen molar-refractivity contribution in [3.05, 3.63) is 65.8 Å². The first-order valence-electron chi connectivity index (χ1n) is 5.58. The zero-order valence-electron chi connectivity index (χ0n) is 9.85. The van der Waals surface area contributed by atoms with E-state index in [1.165, 1.54) is 0 Å². The van der Waals surface area contributed by atoms with Crippen LogP contribution in [0.2, 0.25) is 0 Å². The van der Waals surface area contributed by atoms with E-state index >= 15 is 0 Å². The Kier molecular flexibility index (Phi) is 3.40. The van der Waals surface area contributed by atoms with E-state index in [9.17, 15) is 5.11 Å². The minimum Gasteiger partial charge on any atom is -0.392 e. The number of allylic oxidation sites excluding steroid dienone is 1. The van der Waals surface area contributed by atoms with Gasteiger partial charge >= 0.3 is 0 Å². The second kappa shape index (κ2) is 4.97. The van der Waals surface area contributed by atoms with Crippen molar-refractivity contribution in [1.29, 1.82) is 0 Å². The summed E-state index contributed by atoms with van der Waals surface area (Å²) in [7, 11) is 0. The van der Waals surface area contributed by atoms with Crippen LogP contribution < -0.4 is 0 Å². The Morgan fingerprint density at radius 1 is 1.53 bits per heavy atom. The van der Waals surface area contributed by atoms with Crippen molar-refractivity contribution in [3.63, 3.8) is 0 Å². The van der Waals surface area contributed by atoms with Gasteiger partial charge in [0.15, 0.2) is 0 Å². The predicted molar refractivity (Wildman–Crippen MR) is 67.7 cm³/mol. The lowest BCUT2D eigenvalue weighted by Crippen LogP contribution is -2.03. The maximum atomic E-state index is 9.28. The second-order valence-corrected chi connectivity index (χ2v) is 4.01. The van der Waals surface area contributed by atoms with Gasteiger partial charge in [0.1, 0.15) is 0 Å². The van der Waals surface area contributed by atoms with E-state index in [1.54, 1.807) is 12.5 Å². The number of aromatic amines is 1. The monoisotopic (exact) mass is 228 g/mol. The molecule has 0 saturated carbocycles. The summed E-state index contributed by atoms with van der Waals surface area (Å²) in [4.78, 5) is 7.14. The van der Waals surface area contributed by atoms with Crippen LogP contribution in [0.15, 0.2) is 43.4 Å². The molecule has 2 N–H and O–H groups in total. The third-order valence-electron chi connectivity index (χ3n) is 3.08. The van der Waals surface area contributed by atoms with Crippen LogP contribution in [0.5, 0.6) is 0 Å². The van der Waals surface area contributed by atoms with Gasteiger partial charge in [-0.3, -0.25) is 0 Å². The topological polar surface area (TPSA) is 48.9 Å². The van der Waals surface area contributed by atoms with Gasteiger partial charge in [0.25, 0.3) is 0 Å². The van der Waals surface area contributed by atoms with Crippen LogP contribution in [-0.4, -0.2) is 15.1 Å². The Hall–Kier alpha value is -1.87. The van der Waals surface area contributed by atoms with Gasteiger partial charge in [0.05, 0.1) is 12.9 Å². The first-order chi connectivity index (χ1) is 8.27. The molecule has 0 spiro atoms. The minimum absolute atomic E-state index is 0.0620. The van der Waals surface area contributed by atoms with E-state index in [4.69, 9.17) is 0 Å². The van der Waals surface area contributed by atoms with Crippen LogP contribution in [0.4, 0.5) is 0 Å². The average molecular weight is 228 g/mol. The van der Waals surface area contributed by atoms with Gasteiger partial charge < -0.3 is 10.1 Å². The Labute approximate surface area is 101 Å². The summed E-state index contributed by atoms with van der Waals surface area (Å²) in [6.45, 7) is 5.96. The highest BCUT2D eigenvalue weighted by molar-refractivity contribution is 5.41. The van der Waals surface area contributed by atoms with Crippen LogP contribution in [-0.2, 0) is 6.61 Å². The number of nitrogens with one attached hydrogen (secondary N) is 1. The van der Waals surface area contributed by atoms with Crippen molar-refractivity contribution >= 4 is 0 Å². The van der Waals surface area contributed by atoms with Gasteiger partial charge in [-0.05, 0) is 23.6 Å². The number of hydrogen-bond donors (Lipinski definition) is 2. The molecule has 88 valence electrons. The Balaban J connectivity index is 2.48. The molecule has 17 heavy (non-hydrogen) atoms. The van der Waals surface area contributed by atoms with Gasteiger partial charge in [-0.2, -0.15) is 0 Å². The normalized spacial score (nSPS) is 12.4. The fraction of sp³-hybridized carbons (Fsp3) is 0.214. The van der Waals surface area contributed by atoms with Gasteiger partial charge in [0.2, 0.25) is 0 Å². The number of benzene rings is 1. The summed E-state index contributed by atoms with van der Waals surface area (Å²) < 4.78 is 0. The first-order valence-corrected chi connectivity index (χ1v) is 5.58. The zero-order valence-corrected chi connectivity index (χ0v) is 9.85. The van der Waals surface area contributed by atoms with E-state index in [0.717, 1.165) is 22.4 Å². The number of aromatic nitrogens is 2. The molecule has 3 nitrogen and oxygen atoms in total. The smallest absolute Gasteiger partial charge is 0.0922 e. The lowest BCUT2D eigenvalue weighted by atomic mass is 9.90. The van der Waals surface area contributed by atoms with Gasteiger partial charge in [0, 0.05) is 17.8 Å². The van der Waals surface area contributed by atoms with Crippen molar-refractivity contribution in [2.24, 2.45) is 0 Å². The number of aliphatic hydroxyl groups is 1. The lowest BCUT2D eigenvalue weighted by Gasteiger charge is -2.16. The van der Waals surface area contributed by atoms with E-state index in [-0.39, 0.29) is 12.5 Å². The van der Waals surface area contributed by atoms with Gasteiger partial charge in [-0.25, -0.2) is 4.98 Å². The van der Waals surface area contributed by atoms with Gasteiger partial charge in [-0.15, -0.1) is 6.58 Å². The van der Waals surface area contributed by atoms with Crippen molar-refractivity contribution in [3.8, 4) is 0 Å². The molecular formula is C14H16N2O. The maximum Gasteiger partial charge on any atom is 0.0922 e. The maximum absolute atomic E-state index is 9.28. The van der Waals surface area contributed by atoms with Gasteiger partial charge in [-0.1, -0.05) is 24.3 Å². The molecule has 0 bridgehead atoms. The van der Waals surface area contributed by atoms with Crippen molar-refractivity contribution in [2.45, 2.75) is 19.4 Å². The zero-order chi connectivity index (χ0) is 12.3. The highest BCUT2D eigenvalue weighted by Gasteiger charge is 2.15. The molecule has 1 aromatic heterocycles.